The molecule has 1 aliphatic rings. The Hall–Kier alpha value is -1.67. The van der Waals surface area contributed by atoms with E-state index >= 15 is 0 Å². The van der Waals surface area contributed by atoms with Crippen LogP contribution >= 0.6 is 0 Å². The van der Waals surface area contributed by atoms with Crippen molar-refractivity contribution < 1.29 is 29.3 Å². The maximum atomic E-state index is 12.4. The Bertz CT molecular complexity index is 348. The monoisotopic (exact) mass is 274 g/mol. The highest BCUT2D eigenvalue weighted by atomic mass is 16.5. The van der Waals surface area contributed by atoms with Gasteiger partial charge in [-0.2, -0.15) is 0 Å². The molecule has 0 aromatic heterocycles. The Morgan fingerprint density at radius 2 is 1.58 bits per heavy atom. The topological polar surface area (TPSA) is 130 Å². The van der Waals surface area contributed by atoms with Crippen LogP contribution in [0.1, 0.15) is 12.8 Å². The summed E-state index contributed by atoms with van der Waals surface area (Å²) in [7, 11) is 0. The van der Waals surface area contributed by atoms with Crippen LogP contribution in [0.4, 0.5) is 0 Å². The standard InChI is InChI=1S/C11H18N2O6/c12-7-11(1-3-19-4-2-11)10(18)13(5-8(14)15)6-9(16)17/h1-7,12H2,(H,14,15)(H,16,17). The molecule has 108 valence electrons. The summed E-state index contributed by atoms with van der Waals surface area (Å²) < 4.78 is 5.16. The molecule has 1 amide bonds. The fourth-order valence-corrected chi connectivity index (χ4v) is 2.13. The summed E-state index contributed by atoms with van der Waals surface area (Å²) in [5, 5.41) is 17.5. The number of ether oxygens (including phenoxy) is 1. The minimum Gasteiger partial charge on any atom is -0.480 e. The first-order chi connectivity index (χ1) is 8.91. The number of carboxylic acid groups (broad SMARTS) is 2. The van der Waals surface area contributed by atoms with E-state index in [1.807, 2.05) is 0 Å². The van der Waals surface area contributed by atoms with Crippen molar-refractivity contribution in [2.45, 2.75) is 12.8 Å². The molecule has 0 unspecified atom stereocenters. The van der Waals surface area contributed by atoms with Crippen LogP contribution in [0.2, 0.25) is 0 Å². The van der Waals surface area contributed by atoms with Crippen LogP contribution < -0.4 is 5.73 Å². The summed E-state index contributed by atoms with van der Waals surface area (Å²) in [6.45, 7) is -0.528. The van der Waals surface area contributed by atoms with E-state index < -0.39 is 36.4 Å². The van der Waals surface area contributed by atoms with E-state index in [1.54, 1.807) is 0 Å². The normalized spacial score (nSPS) is 17.7. The predicted octanol–water partition coefficient (Wildman–Crippen LogP) is -1.26. The van der Waals surface area contributed by atoms with Gasteiger partial charge in [-0.1, -0.05) is 0 Å². The van der Waals surface area contributed by atoms with Crippen LogP contribution in [0.15, 0.2) is 0 Å². The molecule has 4 N–H and O–H groups in total. The molecule has 1 aliphatic heterocycles. The molecular weight excluding hydrogens is 256 g/mol. The average molecular weight is 274 g/mol. The molecule has 0 spiro atoms. The molecule has 1 rings (SSSR count). The SMILES string of the molecule is NCC1(C(=O)N(CC(=O)O)CC(=O)O)CCOCC1. The third-order valence-electron chi connectivity index (χ3n) is 3.23. The molecule has 0 aromatic rings. The average Bonchev–Trinajstić information content (AvgIpc) is 2.36. The van der Waals surface area contributed by atoms with E-state index in [-0.39, 0.29) is 6.54 Å². The van der Waals surface area contributed by atoms with E-state index in [1.165, 1.54) is 0 Å². The van der Waals surface area contributed by atoms with E-state index in [2.05, 4.69) is 0 Å². The number of nitrogens with zero attached hydrogens (tertiary/aromatic N) is 1. The molecule has 1 heterocycles. The van der Waals surface area contributed by atoms with Gasteiger partial charge >= 0.3 is 11.9 Å². The Balaban J connectivity index is 2.88. The zero-order valence-corrected chi connectivity index (χ0v) is 10.5. The molecule has 0 bridgehead atoms. The van der Waals surface area contributed by atoms with Crippen LogP contribution in [-0.4, -0.2) is 65.8 Å². The van der Waals surface area contributed by atoms with E-state index in [4.69, 9.17) is 20.7 Å². The van der Waals surface area contributed by atoms with Gasteiger partial charge < -0.3 is 25.6 Å². The first-order valence-corrected chi connectivity index (χ1v) is 5.92. The summed E-state index contributed by atoms with van der Waals surface area (Å²) in [5.41, 5.74) is 4.73. The van der Waals surface area contributed by atoms with Gasteiger partial charge in [0, 0.05) is 19.8 Å². The summed E-state index contributed by atoms with van der Waals surface area (Å²) in [5.74, 6) is -3.04. The van der Waals surface area contributed by atoms with Crippen molar-refractivity contribution in [1.82, 2.24) is 4.90 Å². The summed E-state index contributed by atoms with van der Waals surface area (Å²) in [4.78, 5) is 34.7. The van der Waals surface area contributed by atoms with Crippen LogP contribution in [-0.2, 0) is 19.1 Å². The number of aliphatic carboxylic acids is 2. The summed E-state index contributed by atoms with van der Waals surface area (Å²) in [6.07, 6.45) is 0.746. The number of carboxylic acids is 2. The highest BCUT2D eigenvalue weighted by Gasteiger charge is 2.42. The lowest BCUT2D eigenvalue weighted by molar-refractivity contribution is -0.157. The molecule has 0 saturated carbocycles. The van der Waals surface area contributed by atoms with Gasteiger partial charge in [-0.15, -0.1) is 0 Å². The van der Waals surface area contributed by atoms with Crippen molar-refractivity contribution in [3.63, 3.8) is 0 Å². The Morgan fingerprint density at radius 3 is 1.95 bits per heavy atom. The number of hydrogen-bond acceptors (Lipinski definition) is 5. The zero-order chi connectivity index (χ0) is 14.5. The Morgan fingerprint density at radius 1 is 1.11 bits per heavy atom. The van der Waals surface area contributed by atoms with E-state index in [9.17, 15) is 14.4 Å². The largest absolute Gasteiger partial charge is 0.480 e. The lowest BCUT2D eigenvalue weighted by atomic mass is 9.79. The molecule has 8 nitrogen and oxygen atoms in total. The molecule has 0 radical (unpaired) electrons. The van der Waals surface area contributed by atoms with Gasteiger partial charge in [0.15, 0.2) is 0 Å². The van der Waals surface area contributed by atoms with Crippen molar-refractivity contribution in [2.75, 3.05) is 32.8 Å². The van der Waals surface area contributed by atoms with Gasteiger partial charge in [0.2, 0.25) is 5.91 Å². The lowest BCUT2D eigenvalue weighted by Gasteiger charge is -2.37. The Kier molecular flexibility index (Phi) is 5.25. The third-order valence-corrected chi connectivity index (χ3v) is 3.23. The van der Waals surface area contributed by atoms with Gasteiger partial charge in [0.1, 0.15) is 13.1 Å². The molecule has 1 saturated heterocycles. The van der Waals surface area contributed by atoms with Crippen LogP contribution in [0.5, 0.6) is 0 Å². The first-order valence-electron chi connectivity index (χ1n) is 5.92. The second-order valence-corrected chi connectivity index (χ2v) is 4.55. The molecule has 19 heavy (non-hydrogen) atoms. The summed E-state index contributed by atoms with van der Waals surface area (Å²) in [6, 6.07) is 0. The van der Waals surface area contributed by atoms with Crippen molar-refractivity contribution >= 4 is 17.8 Å². The molecule has 0 atom stereocenters. The van der Waals surface area contributed by atoms with Crippen LogP contribution in [0.25, 0.3) is 0 Å². The molecule has 8 heteroatoms. The zero-order valence-electron chi connectivity index (χ0n) is 10.5. The molecule has 0 aromatic carbocycles. The van der Waals surface area contributed by atoms with Crippen molar-refractivity contribution in [1.29, 1.82) is 0 Å². The van der Waals surface area contributed by atoms with Crippen molar-refractivity contribution in [3.05, 3.63) is 0 Å². The quantitative estimate of drug-likeness (QED) is 0.551. The van der Waals surface area contributed by atoms with Gasteiger partial charge in [0.25, 0.3) is 0 Å². The van der Waals surface area contributed by atoms with Crippen LogP contribution in [0, 0.1) is 5.41 Å². The predicted molar refractivity (Wildman–Crippen MR) is 63.4 cm³/mol. The van der Waals surface area contributed by atoms with Crippen molar-refractivity contribution in [3.8, 4) is 0 Å². The van der Waals surface area contributed by atoms with Crippen LogP contribution in [0.3, 0.4) is 0 Å². The maximum absolute atomic E-state index is 12.4. The minimum absolute atomic E-state index is 0.0466. The second-order valence-electron chi connectivity index (χ2n) is 4.55. The molecular formula is C11H18N2O6. The fraction of sp³-hybridized carbons (Fsp3) is 0.727. The lowest BCUT2D eigenvalue weighted by Crippen LogP contribution is -2.53. The fourth-order valence-electron chi connectivity index (χ4n) is 2.13. The number of amides is 1. The minimum atomic E-state index is -1.26. The van der Waals surface area contributed by atoms with Gasteiger partial charge in [-0.3, -0.25) is 14.4 Å². The number of carbonyl (C=O) groups excluding carboxylic acids is 1. The highest BCUT2D eigenvalue weighted by Crippen LogP contribution is 2.31. The number of carbonyl (C=O) groups is 3. The van der Waals surface area contributed by atoms with E-state index in [0.717, 1.165) is 4.90 Å². The summed E-state index contributed by atoms with van der Waals surface area (Å²) >= 11 is 0. The molecule has 0 aliphatic carbocycles. The first kappa shape index (κ1) is 15.4. The third kappa shape index (κ3) is 3.90. The van der Waals surface area contributed by atoms with E-state index in [0.29, 0.717) is 26.1 Å². The second kappa shape index (κ2) is 6.48. The smallest absolute Gasteiger partial charge is 0.323 e. The number of nitrogens with two attached hydrogens (primary N) is 1. The highest BCUT2D eigenvalue weighted by molar-refractivity contribution is 5.89. The number of rotatable bonds is 6. The van der Waals surface area contributed by atoms with Gasteiger partial charge in [-0.25, -0.2) is 0 Å². The van der Waals surface area contributed by atoms with Crippen molar-refractivity contribution in [2.24, 2.45) is 11.1 Å². The molecule has 1 fully saturated rings. The number of hydrogen-bond donors (Lipinski definition) is 3. The van der Waals surface area contributed by atoms with Gasteiger partial charge in [0.05, 0.1) is 5.41 Å². The van der Waals surface area contributed by atoms with Gasteiger partial charge in [-0.05, 0) is 12.8 Å². The maximum Gasteiger partial charge on any atom is 0.323 e. The Labute approximate surface area is 110 Å².